The molecule has 0 aliphatic carbocycles. The Bertz CT molecular complexity index is 385. The van der Waals surface area contributed by atoms with Crippen molar-refractivity contribution in [3.05, 3.63) is 17.2 Å². The Kier molecular flexibility index (Phi) is 4.78. The van der Waals surface area contributed by atoms with Crippen LogP contribution in [0.2, 0.25) is 0 Å². The number of imidazole rings is 1. The predicted molar refractivity (Wildman–Crippen MR) is 72.7 cm³/mol. The van der Waals surface area contributed by atoms with Gasteiger partial charge in [0.1, 0.15) is 5.82 Å². The second kappa shape index (κ2) is 6.34. The molecule has 0 atom stereocenters. The predicted octanol–water partition coefficient (Wildman–Crippen LogP) is 1.91. The van der Waals surface area contributed by atoms with Crippen LogP contribution in [0.3, 0.4) is 0 Å². The molecule has 1 aromatic heterocycles. The van der Waals surface area contributed by atoms with Crippen LogP contribution in [-0.4, -0.2) is 28.8 Å². The summed E-state index contributed by atoms with van der Waals surface area (Å²) in [5.74, 6) is 1.23. The Balaban J connectivity index is 2.11. The van der Waals surface area contributed by atoms with Gasteiger partial charge in [0.25, 0.3) is 0 Å². The van der Waals surface area contributed by atoms with Gasteiger partial charge in [0.15, 0.2) is 0 Å². The molecule has 1 N–H and O–H groups in total. The number of ether oxygens (including phenoxy) is 1. The van der Waals surface area contributed by atoms with Crippen LogP contribution in [0.1, 0.15) is 44.4 Å². The van der Waals surface area contributed by atoms with Gasteiger partial charge in [0, 0.05) is 38.2 Å². The number of aromatic nitrogens is 2. The van der Waals surface area contributed by atoms with Gasteiger partial charge in [-0.15, -0.1) is 0 Å². The van der Waals surface area contributed by atoms with Gasteiger partial charge in [0.05, 0.1) is 18.4 Å². The zero-order chi connectivity index (χ0) is 13.0. The largest absolute Gasteiger partial charge is 0.377 e. The first kappa shape index (κ1) is 13.6. The number of hydrogen-bond acceptors (Lipinski definition) is 3. The zero-order valence-corrected chi connectivity index (χ0v) is 11.8. The number of rotatable bonds is 6. The maximum atomic E-state index is 5.68. The maximum absolute atomic E-state index is 5.68. The molecule has 0 bridgehead atoms. The van der Waals surface area contributed by atoms with Gasteiger partial charge in [0.2, 0.25) is 0 Å². The van der Waals surface area contributed by atoms with Crippen molar-refractivity contribution in [2.24, 2.45) is 0 Å². The molecule has 102 valence electrons. The molecule has 2 rings (SSSR count). The van der Waals surface area contributed by atoms with E-state index in [1.54, 1.807) is 0 Å². The van der Waals surface area contributed by atoms with Gasteiger partial charge in [-0.05, 0) is 20.3 Å². The molecule has 2 heterocycles. The Morgan fingerprint density at radius 2 is 2.28 bits per heavy atom. The first-order chi connectivity index (χ1) is 8.72. The van der Waals surface area contributed by atoms with Gasteiger partial charge in [-0.25, -0.2) is 4.98 Å². The molecule has 0 fully saturated rings. The molecule has 0 saturated heterocycles. The van der Waals surface area contributed by atoms with Crippen LogP contribution in [-0.2, 0) is 30.7 Å². The fourth-order valence-electron chi connectivity index (χ4n) is 2.48. The molecule has 4 heteroatoms. The van der Waals surface area contributed by atoms with Gasteiger partial charge in [-0.1, -0.05) is 6.92 Å². The van der Waals surface area contributed by atoms with Crippen molar-refractivity contribution in [2.75, 3.05) is 13.2 Å². The Labute approximate surface area is 110 Å². The van der Waals surface area contributed by atoms with E-state index in [1.807, 2.05) is 0 Å². The SMILES string of the molecule is CCCc1nc2c(n1CCOC(C)C)CCNC2. The Morgan fingerprint density at radius 1 is 1.44 bits per heavy atom. The van der Waals surface area contributed by atoms with Crippen molar-refractivity contribution in [1.29, 1.82) is 0 Å². The summed E-state index contributed by atoms with van der Waals surface area (Å²) in [4.78, 5) is 4.78. The van der Waals surface area contributed by atoms with Gasteiger partial charge in [-0.2, -0.15) is 0 Å². The normalized spacial score (nSPS) is 15.1. The summed E-state index contributed by atoms with van der Waals surface area (Å²) in [6.07, 6.45) is 3.61. The molecular formula is C14H25N3O. The second-order valence-electron chi connectivity index (χ2n) is 5.17. The van der Waals surface area contributed by atoms with E-state index in [4.69, 9.17) is 9.72 Å². The summed E-state index contributed by atoms with van der Waals surface area (Å²) < 4.78 is 8.07. The van der Waals surface area contributed by atoms with E-state index < -0.39 is 0 Å². The average molecular weight is 251 g/mol. The third-order valence-electron chi connectivity index (χ3n) is 3.31. The number of nitrogens with zero attached hydrogens (tertiary/aromatic N) is 2. The molecule has 0 unspecified atom stereocenters. The van der Waals surface area contributed by atoms with Crippen LogP contribution < -0.4 is 5.32 Å². The molecule has 4 nitrogen and oxygen atoms in total. The third kappa shape index (κ3) is 3.12. The number of fused-ring (bicyclic) bond motifs is 1. The first-order valence-corrected chi connectivity index (χ1v) is 7.11. The van der Waals surface area contributed by atoms with E-state index in [0.717, 1.165) is 45.5 Å². The van der Waals surface area contributed by atoms with Crippen molar-refractivity contribution >= 4 is 0 Å². The number of hydrogen-bond donors (Lipinski definition) is 1. The van der Waals surface area contributed by atoms with E-state index in [9.17, 15) is 0 Å². The molecule has 0 saturated carbocycles. The lowest BCUT2D eigenvalue weighted by molar-refractivity contribution is 0.0719. The minimum absolute atomic E-state index is 0.306. The topological polar surface area (TPSA) is 39.1 Å². The molecule has 0 spiro atoms. The average Bonchev–Trinajstić information content (AvgIpc) is 2.68. The Morgan fingerprint density at radius 3 is 3.00 bits per heavy atom. The fourth-order valence-corrected chi connectivity index (χ4v) is 2.48. The monoisotopic (exact) mass is 251 g/mol. The summed E-state index contributed by atoms with van der Waals surface area (Å²) in [5.41, 5.74) is 2.67. The number of nitrogens with one attached hydrogen (secondary N) is 1. The highest BCUT2D eigenvalue weighted by Crippen LogP contribution is 2.17. The second-order valence-corrected chi connectivity index (χ2v) is 5.17. The highest BCUT2D eigenvalue weighted by molar-refractivity contribution is 5.20. The highest BCUT2D eigenvalue weighted by Gasteiger charge is 2.18. The van der Waals surface area contributed by atoms with Crippen LogP contribution in [0, 0.1) is 0 Å². The Hall–Kier alpha value is -0.870. The minimum Gasteiger partial charge on any atom is -0.377 e. The molecule has 0 aromatic carbocycles. The summed E-state index contributed by atoms with van der Waals surface area (Å²) in [6, 6.07) is 0. The molecule has 0 amide bonds. The van der Waals surface area contributed by atoms with Crippen LogP contribution in [0.25, 0.3) is 0 Å². The third-order valence-corrected chi connectivity index (χ3v) is 3.31. The molecule has 18 heavy (non-hydrogen) atoms. The molecular weight excluding hydrogens is 226 g/mol. The van der Waals surface area contributed by atoms with Gasteiger partial charge >= 0.3 is 0 Å². The molecule has 1 aliphatic heterocycles. The van der Waals surface area contributed by atoms with Crippen molar-refractivity contribution in [3.63, 3.8) is 0 Å². The minimum atomic E-state index is 0.306. The summed E-state index contributed by atoms with van der Waals surface area (Å²) in [6.45, 7) is 10.1. The van der Waals surface area contributed by atoms with Crippen molar-refractivity contribution in [2.45, 2.75) is 59.2 Å². The lowest BCUT2D eigenvalue weighted by Gasteiger charge is -2.17. The maximum Gasteiger partial charge on any atom is 0.109 e. The first-order valence-electron chi connectivity index (χ1n) is 7.11. The van der Waals surface area contributed by atoms with Crippen LogP contribution in [0.4, 0.5) is 0 Å². The fraction of sp³-hybridized carbons (Fsp3) is 0.786. The summed E-state index contributed by atoms with van der Waals surface area (Å²) >= 11 is 0. The van der Waals surface area contributed by atoms with Crippen molar-refractivity contribution in [3.8, 4) is 0 Å². The van der Waals surface area contributed by atoms with E-state index in [-0.39, 0.29) is 0 Å². The molecule has 0 radical (unpaired) electrons. The van der Waals surface area contributed by atoms with Crippen LogP contribution in [0.15, 0.2) is 0 Å². The van der Waals surface area contributed by atoms with Crippen LogP contribution in [0.5, 0.6) is 0 Å². The quantitative estimate of drug-likeness (QED) is 0.839. The molecule has 1 aliphatic rings. The van der Waals surface area contributed by atoms with E-state index in [0.29, 0.717) is 6.10 Å². The lowest BCUT2D eigenvalue weighted by Crippen LogP contribution is -2.25. The lowest BCUT2D eigenvalue weighted by atomic mass is 10.2. The smallest absolute Gasteiger partial charge is 0.109 e. The van der Waals surface area contributed by atoms with Crippen molar-refractivity contribution in [1.82, 2.24) is 14.9 Å². The van der Waals surface area contributed by atoms with Gasteiger partial charge < -0.3 is 14.6 Å². The van der Waals surface area contributed by atoms with Crippen molar-refractivity contribution < 1.29 is 4.74 Å². The number of aryl methyl sites for hydroxylation is 1. The van der Waals surface area contributed by atoms with E-state index in [2.05, 4.69) is 30.7 Å². The zero-order valence-electron chi connectivity index (χ0n) is 11.8. The summed E-state index contributed by atoms with van der Waals surface area (Å²) in [5, 5.41) is 3.39. The molecule has 1 aromatic rings. The summed E-state index contributed by atoms with van der Waals surface area (Å²) in [7, 11) is 0. The standard InChI is InChI=1S/C14H25N3O/c1-4-5-14-16-12-10-15-7-6-13(12)17(14)8-9-18-11(2)3/h11,15H,4-10H2,1-3H3. The van der Waals surface area contributed by atoms with Crippen LogP contribution >= 0.6 is 0 Å². The van der Waals surface area contributed by atoms with E-state index in [1.165, 1.54) is 17.2 Å². The highest BCUT2D eigenvalue weighted by atomic mass is 16.5. The van der Waals surface area contributed by atoms with E-state index >= 15 is 0 Å². The van der Waals surface area contributed by atoms with Gasteiger partial charge in [-0.3, -0.25) is 0 Å².